The first-order valence-corrected chi connectivity index (χ1v) is 6.15. The lowest BCUT2D eigenvalue weighted by molar-refractivity contribution is -0.139. The normalized spacial score (nSPS) is 11.2. The minimum absolute atomic E-state index is 0.0200. The maximum atomic E-state index is 12.2. The maximum absolute atomic E-state index is 12.2. The van der Waals surface area contributed by atoms with E-state index in [0.29, 0.717) is 5.56 Å². The van der Waals surface area contributed by atoms with Crippen molar-refractivity contribution >= 4 is 11.8 Å². The fraction of sp³-hybridized carbons (Fsp3) is 0.467. The third kappa shape index (κ3) is 4.39. The molecule has 0 heterocycles. The quantitative estimate of drug-likeness (QED) is 0.802. The Kier molecular flexibility index (Phi) is 4.70. The number of ether oxygens (including phenoxy) is 1. The number of rotatable bonds is 6. The van der Waals surface area contributed by atoms with Crippen LogP contribution in [-0.4, -0.2) is 24.0 Å². The molecule has 0 amide bonds. The van der Waals surface area contributed by atoms with Gasteiger partial charge in [-0.15, -0.1) is 0 Å². The van der Waals surface area contributed by atoms with E-state index in [-0.39, 0.29) is 18.6 Å². The van der Waals surface area contributed by atoms with Crippen LogP contribution in [0.5, 0.6) is 5.75 Å². The Hall–Kier alpha value is -1.84. The van der Waals surface area contributed by atoms with Crippen LogP contribution in [0.15, 0.2) is 18.2 Å². The minimum Gasteiger partial charge on any atom is -0.496 e. The number of Topliss-reactive ketones (excluding diaryl/α,β-unsaturated/α-hetero) is 1. The van der Waals surface area contributed by atoms with Crippen LogP contribution in [0.1, 0.15) is 42.6 Å². The first-order valence-electron chi connectivity index (χ1n) is 6.15. The molecule has 0 bridgehead atoms. The molecule has 1 aromatic rings. The summed E-state index contributed by atoms with van der Waals surface area (Å²) in [7, 11) is 1.58. The van der Waals surface area contributed by atoms with Crippen molar-refractivity contribution in [2.45, 2.75) is 33.6 Å². The van der Waals surface area contributed by atoms with Gasteiger partial charge in [-0.25, -0.2) is 0 Å². The van der Waals surface area contributed by atoms with Crippen LogP contribution in [0, 0.1) is 12.3 Å². The molecule has 1 aromatic carbocycles. The molecule has 0 atom stereocenters. The average Bonchev–Trinajstić information content (AvgIpc) is 2.26. The van der Waals surface area contributed by atoms with E-state index in [4.69, 9.17) is 9.84 Å². The molecule has 0 spiro atoms. The first kappa shape index (κ1) is 15.2. The van der Waals surface area contributed by atoms with Gasteiger partial charge in [0.1, 0.15) is 5.75 Å². The molecule has 4 nitrogen and oxygen atoms in total. The Morgan fingerprint density at radius 1 is 1.26 bits per heavy atom. The van der Waals surface area contributed by atoms with Gasteiger partial charge in [-0.05, 0) is 36.1 Å². The van der Waals surface area contributed by atoms with Crippen LogP contribution in [0.4, 0.5) is 0 Å². The molecule has 0 aliphatic rings. The molecule has 0 aliphatic heterocycles. The average molecular weight is 264 g/mol. The number of carbonyl (C=O) groups is 2. The van der Waals surface area contributed by atoms with Gasteiger partial charge in [0.25, 0.3) is 0 Å². The lowest BCUT2D eigenvalue weighted by Crippen LogP contribution is -2.21. The number of carbonyl (C=O) groups excluding carboxylic acids is 1. The number of benzene rings is 1. The first-order chi connectivity index (χ1) is 8.75. The summed E-state index contributed by atoms with van der Waals surface area (Å²) < 4.78 is 5.14. The number of carboxylic acid groups (broad SMARTS) is 1. The van der Waals surface area contributed by atoms with E-state index in [9.17, 15) is 9.59 Å². The van der Waals surface area contributed by atoms with Gasteiger partial charge in [0.15, 0.2) is 5.78 Å². The van der Waals surface area contributed by atoms with E-state index >= 15 is 0 Å². The van der Waals surface area contributed by atoms with Crippen molar-refractivity contribution < 1.29 is 19.4 Å². The largest absolute Gasteiger partial charge is 0.496 e. The molecule has 0 unspecified atom stereocenters. The summed E-state index contributed by atoms with van der Waals surface area (Å²) in [6.45, 7) is 5.45. The molecule has 4 heteroatoms. The number of aryl methyl sites for hydroxylation is 1. The summed E-state index contributed by atoms with van der Waals surface area (Å²) in [6.07, 6.45) is 0.193. The van der Waals surface area contributed by atoms with E-state index in [1.54, 1.807) is 39.2 Å². The van der Waals surface area contributed by atoms with Gasteiger partial charge in [0.05, 0.1) is 13.5 Å². The molecule has 0 radical (unpaired) electrons. The van der Waals surface area contributed by atoms with Gasteiger partial charge in [0.2, 0.25) is 0 Å². The van der Waals surface area contributed by atoms with Gasteiger partial charge in [-0.3, -0.25) is 9.59 Å². The van der Waals surface area contributed by atoms with Gasteiger partial charge in [-0.1, -0.05) is 13.8 Å². The molecule has 104 valence electrons. The Bertz CT molecular complexity index is 489. The molecule has 0 saturated carbocycles. The van der Waals surface area contributed by atoms with Crippen molar-refractivity contribution in [3.05, 3.63) is 29.3 Å². The second-order valence-corrected chi connectivity index (χ2v) is 5.52. The maximum Gasteiger partial charge on any atom is 0.303 e. The SMILES string of the molecule is COc1ccc(C(=O)CC(C)(C)CC(=O)O)cc1C. The minimum atomic E-state index is -0.885. The zero-order valence-electron chi connectivity index (χ0n) is 11.8. The van der Waals surface area contributed by atoms with Crippen molar-refractivity contribution in [2.75, 3.05) is 7.11 Å². The monoisotopic (exact) mass is 264 g/mol. The molecule has 1 rings (SSSR count). The van der Waals surface area contributed by atoms with Gasteiger partial charge < -0.3 is 9.84 Å². The summed E-state index contributed by atoms with van der Waals surface area (Å²) in [5, 5.41) is 8.82. The van der Waals surface area contributed by atoms with Crippen molar-refractivity contribution in [2.24, 2.45) is 5.41 Å². The van der Waals surface area contributed by atoms with Gasteiger partial charge in [0, 0.05) is 12.0 Å². The second-order valence-electron chi connectivity index (χ2n) is 5.52. The molecule has 0 saturated heterocycles. The van der Waals surface area contributed by atoms with Crippen LogP contribution in [0.25, 0.3) is 0 Å². The molecule has 0 aliphatic carbocycles. The topological polar surface area (TPSA) is 63.6 Å². The molecular formula is C15H20O4. The molecule has 0 fully saturated rings. The number of hydrogen-bond donors (Lipinski definition) is 1. The zero-order valence-corrected chi connectivity index (χ0v) is 11.8. The number of ketones is 1. The summed E-state index contributed by atoms with van der Waals surface area (Å²) in [6, 6.07) is 5.25. The third-order valence-corrected chi connectivity index (χ3v) is 2.99. The van der Waals surface area contributed by atoms with E-state index < -0.39 is 11.4 Å². The van der Waals surface area contributed by atoms with Crippen LogP contribution < -0.4 is 4.74 Å². The van der Waals surface area contributed by atoms with Crippen molar-refractivity contribution in [3.63, 3.8) is 0 Å². The molecular weight excluding hydrogens is 244 g/mol. The Balaban J connectivity index is 2.84. The van der Waals surface area contributed by atoms with Gasteiger partial charge >= 0.3 is 5.97 Å². The lowest BCUT2D eigenvalue weighted by atomic mass is 9.82. The Morgan fingerprint density at radius 2 is 1.89 bits per heavy atom. The number of carboxylic acids is 1. The predicted octanol–water partition coefficient (Wildman–Crippen LogP) is 3.08. The van der Waals surface area contributed by atoms with E-state index in [2.05, 4.69) is 0 Å². The van der Waals surface area contributed by atoms with Crippen molar-refractivity contribution in [1.82, 2.24) is 0 Å². The Morgan fingerprint density at radius 3 is 2.37 bits per heavy atom. The van der Waals surface area contributed by atoms with Gasteiger partial charge in [-0.2, -0.15) is 0 Å². The zero-order chi connectivity index (χ0) is 14.6. The highest BCUT2D eigenvalue weighted by atomic mass is 16.5. The summed E-state index contributed by atoms with van der Waals surface area (Å²) in [5.41, 5.74) is 0.942. The highest BCUT2D eigenvalue weighted by molar-refractivity contribution is 5.97. The highest BCUT2D eigenvalue weighted by Crippen LogP contribution is 2.28. The van der Waals surface area contributed by atoms with E-state index in [1.165, 1.54) is 0 Å². The van der Waals surface area contributed by atoms with E-state index in [0.717, 1.165) is 11.3 Å². The summed E-state index contributed by atoms with van der Waals surface area (Å²) >= 11 is 0. The fourth-order valence-electron chi connectivity index (χ4n) is 2.06. The van der Waals surface area contributed by atoms with Crippen LogP contribution in [-0.2, 0) is 4.79 Å². The third-order valence-electron chi connectivity index (χ3n) is 2.99. The summed E-state index contributed by atoms with van der Waals surface area (Å²) in [4.78, 5) is 22.9. The lowest BCUT2D eigenvalue weighted by Gasteiger charge is -2.21. The number of methoxy groups -OCH3 is 1. The van der Waals surface area contributed by atoms with Crippen LogP contribution in [0.2, 0.25) is 0 Å². The van der Waals surface area contributed by atoms with Crippen LogP contribution in [0.3, 0.4) is 0 Å². The van der Waals surface area contributed by atoms with Crippen molar-refractivity contribution in [3.8, 4) is 5.75 Å². The predicted molar refractivity (Wildman–Crippen MR) is 72.7 cm³/mol. The Labute approximate surface area is 113 Å². The van der Waals surface area contributed by atoms with Crippen molar-refractivity contribution in [1.29, 1.82) is 0 Å². The number of hydrogen-bond acceptors (Lipinski definition) is 3. The molecule has 1 N–H and O–H groups in total. The van der Waals surface area contributed by atoms with E-state index in [1.807, 2.05) is 6.92 Å². The molecule has 0 aromatic heterocycles. The second kappa shape index (κ2) is 5.87. The standard InChI is InChI=1S/C15H20O4/c1-10-7-11(5-6-13(10)19-4)12(16)8-15(2,3)9-14(17)18/h5-7H,8-9H2,1-4H3,(H,17,18). The fourth-order valence-corrected chi connectivity index (χ4v) is 2.06. The van der Waals surface area contributed by atoms with Crippen LogP contribution >= 0.6 is 0 Å². The highest BCUT2D eigenvalue weighted by Gasteiger charge is 2.25. The number of aliphatic carboxylic acids is 1. The smallest absolute Gasteiger partial charge is 0.303 e. The summed E-state index contributed by atoms with van der Waals surface area (Å²) in [5.74, 6) is -0.193. The molecule has 19 heavy (non-hydrogen) atoms.